The topological polar surface area (TPSA) is 76.4 Å². The molecule has 0 aliphatic rings. The molecule has 13 heavy (non-hydrogen) atoms. The Morgan fingerprint density at radius 2 is 2.15 bits per heavy atom. The Morgan fingerprint density at radius 1 is 1.46 bits per heavy atom. The van der Waals surface area contributed by atoms with Gasteiger partial charge in [0.25, 0.3) is 0 Å². The molecule has 0 heterocycles. The number of halogens is 1. The van der Waals surface area contributed by atoms with E-state index in [1.165, 1.54) is 0 Å². The van der Waals surface area contributed by atoms with Crippen molar-refractivity contribution in [3.63, 3.8) is 0 Å². The van der Waals surface area contributed by atoms with Gasteiger partial charge in [-0.1, -0.05) is 34.1 Å². The standard InChI is InChI=1S/C8H11BrN4/c9-7-4-2-1-3-6(7)5-12-8(10)13-11/h1-4H,5,11H2,(H3,10,12,13). The van der Waals surface area contributed by atoms with Crippen molar-refractivity contribution in [2.75, 3.05) is 0 Å². The minimum atomic E-state index is 0.232. The molecule has 0 aromatic heterocycles. The molecule has 4 nitrogen and oxygen atoms in total. The summed E-state index contributed by atoms with van der Waals surface area (Å²) >= 11 is 3.41. The molecule has 5 heteroatoms. The molecule has 0 aliphatic heterocycles. The summed E-state index contributed by atoms with van der Waals surface area (Å²) in [7, 11) is 0. The Hall–Kier alpha value is -1.07. The third-order valence-corrected chi connectivity index (χ3v) is 2.30. The molecule has 0 radical (unpaired) electrons. The molecule has 0 fully saturated rings. The van der Waals surface area contributed by atoms with Gasteiger partial charge in [-0.2, -0.15) is 0 Å². The second kappa shape index (κ2) is 4.84. The summed E-state index contributed by atoms with van der Waals surface area (Å²) in [6.45, 7) is 0.511. The van der Waals surface area contributed by atoms with Gasteiger partial charge in [0.2, 0.25) is 5.96 Å². The van der Waals surface area contributed by atoms with Crippen molar-refractivity contribution < 1.29 is 0 Å². The van der Waals surface area contributed by atoms with Crippen LogP contribution in [-0.2, 0) is 6.54 Å². The maximum Gasteiger partial charge on any atom is 0.203 e. The fraction of sp³-hybridized carbons (Fsp3) is 0.125. The second-order valence-electron chi connectivity index (χ2n) is 2.44. The number of guanidine groups is 1. The summed E-state index contributed by atoms with van der Waals surface area (Å²) in [5.41, 5.74) is 8.71. The van der Waals surface area contributed by atoms with Crippen LogP contribution in [0.5, 0.6) is 0 Å². The molecule has 1 rings (SSSR count). The smallest absolute Gasteiger partial charge is 0.203 e. The molecule has 0 aliphatic carbocycles. The summed E-state index contributed by atoms with van der Waals surface area (Å²) in [6, 6.07) is 7.82. The Balaban J connectivity index is 2.70. The van der Waals surface area contributed by atoms with Crippen molar-refractivity contribution >= 4 is 21.9 Å². The lowest BCUT2D eigenvalue weighted by Crippen LogP contribution is -2.37. The zero-order chi connectivity index (χ0) is 9.68. The van der Waals surface area contributed by atoms with Gasteiger partial charge < -0.3 is 5.73 Å². The lowest BCUT2D eigenvalue weighted by atomic mass is 10.2. The number of aliphatic imine (C=N–C) groups is 1. The van der Waals surface area contributed by atoms with Crippen LogP contribution in [0.25, 0.3) is 0 Å². The molecule has 70 valence electrons. The van der Waals surface area contributed by atoms with Crippen molar-refractivity contribution in [3.8, 4) is 0 Å². The van der Waals surface area contributed by atoms with Gasteiger partial charge in [-0.3, -0.25) is 5.43 Å². The molecule has 0 unspecified atom stereocenters. The lowest BCUT2D eigenvalue weighted by molar-refractivity contribution is 0.956. The van der Waals surface area contributed by atoms with E-state index in [0.717, 1.165) is 10.0 Å². The molecular formula is C8H11BrN4. The number of nitrogens with zero attached hydrogens (tertiary/aromatic N) is 1. The van der Waals surface area contributed by atoms with E-state index in [1.807, 2.05) is 24.3 Å². The first kappa shape index (κ1) is 10.0. The van der Waals surface area contributed by atoms with Gasteiger partial charge in [-0.05, 0) is 11.6 Å². The van der Waals surface area contributed by atoms with Crippen LogP contribution in [0.4, 0.5) is 0 Å². The summed E-state index contributed by atoms with van der Waals surface area (Å²) in [5.74, 6) is 5.29. The van der Waals surface area contributed by atoms with Gasteiger partial charge >= 0.3 is 0 Å². The number of hydrogen-bond acceptors (Lipinski definition) is 2. The molecule has 1 aromatic rings. The number of benzene rings is 1. The number of hydrazine groups is 1. The number of rotatable bonds is 2. The van der Waals surface area contributed by atoms with Gasteiger partial charge in [0.15, 0.2) is 0 Å². The fourth-order valence-electron chi connectivity index (χ4n) is 0.843. The first-order valence-electron chi connectivity index (χ1n) is 3.74. The highest BCUT2D eigenvalue weighted by molar-refractivity contribution is 9.10. The van der Waals surface area contributed by atoms with Crippen molar-refractivity contribution in [2.24, 2.45) is 16.6 Å². The van der Waals surface area contributed by atoms with Crippen LogP contribution >= 0.6 is 15.9 Å². The van der Waals surface area contributed by atoms with E-state index in [-0.39, 0.29) is 5.96 Å². The van der Waals surface area contributed by atoms with Crippen LogP contribution in [0.1, 0.15) is 5.56 Å². The largest absolute Gasteiger partial charge is 0.369 e. The zero-order valence-electron chi connectivity index (χ0n) is 7.00. The van der Waals surface area contributed by atoms with Crippen LogP contribution < -0.4 is 17.0 Å². The van der Waals surface area contributed by atoms with E-state index in [2.05, 4.69) is 26.3 Å². The predicted molar refractivity (Wildman–Crippen MR) is 56.8 cm³/mol. The fourth-order valence-corrected chi connectivity index (χ4v) is 1.25. The first-order valence-corrected chi connectivity index (χ1v) is 4.53. The van der Waals surface area contributed by atoms with Crippen LogP contribution in [0.15, 0.2) is 33.7 Å². The number of nitrogens with two attached hydrogens (primary N) is 2. The Morgan fingerprint density at radius 3 is 2.77 bits per heavy atom. The van der Waals surface area contributed by atoms with Crippen molar-refractivity contribution in [1.82, 2.24) is 5.43 Å². The molecule has 0 bridgehead atoms. The molecule has 1 aromatic carbocycles. The van der Waals surface area contributed by atoms with Crippen LogP contribution in [-0.4, -0.2) is 5.96 Å². The molecule has 0 atom stereocenters. The summed E-state index contributed by atoms with van der Waals surface area (Å²) in [6.07, 6.45) is 0. The Labute approximate surface area is 85.1 Å². The average Bonchev–Trinajstić information content (AvgIpc) is 2.16. The minimum absolute atomic E-state index is 0.232. The average molecular weight is 243 g/mol. The SMILES string of the molecule is NNC(N)=NCc1ccccc1Br. The van der Waals surface area contributed by atoms with E-state index in [4.69, 9.17) is 11.6 Å². The highest BCUT2D eigenvalue weighted by Crippen LogP contribution is 2.16. The highest BCUT2D eigenvalue weighted by atomic mass is 79.9. The second-order valence-corrected chi connectivity index (χ2v) is 3.29. The van der Waals surface area contributed by atoms with Gasteiger partial charge in [0.1, 0.15) is 0 Å². The monoisotopic (exact) mass is 242 g/mol. The summed E-state index contributed by atoms with van der Waals surface area (Å²) < 4.78 is 1.02. The third kappa shape index (κ3) is 3.04. The summed E-state index contributed by atoms with van der Waals surface area (Å²) in [5, 5.41) is 0. The van der Waals surface area contributed by atoms with Crippen LogP contribution in [0.3, 0.4) is 0 Å². The Bertz CT molecular complexity index is 311. The normalized spacial score (nSPS) is 11.4. The van der Waals surface area contributed by atoms with Gasteiger partial charge in [-0.25, -0.2) is 10.8 Å². The lowest BCUT2D eigenvalue weighted by Gasteiger charge is -2.01. The molecular weight excluding hydrogens is 232 g/mol. The maximum atomic E-state index is 5.37. The van der Waals surface area contributed by atoms with Crippen molar-refractivity contribution in [1.29, 1.82) is 0 Å². The number of nitrogens with one attached hydrogen (secondary N) is 1. The predicted octanol–water partition coefficient (Wildman–Crippen LogP) is 0.727. The van der Waals surface area contributed by atoms with Crippen LogP contribution in [0, 0.1) is 0 Å². The van der Waals surface area contributed by atoms with E-state index in [9.17, 15) is 0 Å². The maximum absolute atomic E-state index is 5.37. The van der Waals surface area contributed by atoms with E-state index in [1.54, 1.807) is 0 Å². The minimum Gasteiger partial charge on any atom is -0.369 e. The van der Waals surface area contributed by atoms with E-state index >= 15 is 0 Å². The molecule has 0 saturated carbocycles. The Kier molecular flexibility index (Phi) is 3.72. The summed E-state index contributed by atoms with van der Waals surface area (Å²) in [4.78, 5) is 4.00. The van der Waals surface area contributed by atoms with Gasteiger partial charge in [0.05, 0.1) is 6.54 Å². The molecule has 0 spiro atoms. The third-order valence-electron chi connectivity index (χ3n) is 1.53. The van der Waals surface area contributed by atoms with E-state index in [0.29, 0.717) is 6.54 Å². The first-order chi connectivity index (χ1) is 6.24. The number of hydrogen-bond donors (Lipinski definition) is 3. The van der Waals surface area contributed by atoms with Gasteiger partial charge in [-0.15, -0.1) is 0 Å². The zero-order valence-corrected chi connectivity index (χ0v) is 8.58. The highest BCUT2D eigenvalue weighted by Gasteiger charge is 1.96. The molecule has 5 N–H and O–H groups in total. The molecule has 0 saturated heterocycles. The van der Waals surface area contributed by atoms with Crippen molar-refractivity contribution in [3.05, 3.63) is 34.3 Å². The molecule has 0 amide bonds. The van der Waals surface area contributed by atoms with Crippen LogP contribution in [0.2, 0.25) is 0 Å². The van der Waals surface area contributed by atoms with E-state index < -0.39 is 0 Å². The van der Waals surface area contributed by atoms with Gasteiger partial charge in [0, 0.05) is 4.47 Å². The van der Waals surface area contributed by atoms with Crippen molar-refractivity contribution in [2.45, 2.75) is 6.54 Å². The quantitative estimate of drug-likeness (QED) is 0.310.